The third-order valence-corrected chi connectivity index (χ3v) is 1.96. The summed E-state index contributed by atoms with van der Waals surface area (Å²) >= 11 is 0. The quantitative estimate of drug-likeness (QED) is 0.784. The molecule has 1 aromatic carbocycles. The van der Waals surface area contributed by atoms with Crippen molar-refractivity contribution in [2.75, 3.05) is 13.7 Å². The van der Waals surface area contributed by atoms with Crippen LogP contribution in [0.5, 0.6) is 5.75 Å². The molecular formula is C11H15NO2. The van der Waals surface area contributed by atoms with Crippen molar-refractivity contribution in [3.05, 3.63) is 29.8 Å². The van der Waals surface area contributed by atoms with Gasteiger partial charge in [0.25, 0.3) is 0 Å². The molecule has 0 aliphatic heterocycles. The lowest BCUT2D eigenvalue weighted by Gasteiger charge is -2.07. The molecule has 0 aromatic heterocycles. The van der Waals surface area contributed by atoms with Crippen molar-refractivity contribution in [2.24, 2.45) is 0 Å². The first-order chi connectivity index (χ1) is 6.74. The smallest absolute Gasteiger partial charge is 0.216 e. The van der Waals surface area contributed by atoms with E-state index >= 15 is 0 Å². The van der Waals surface area contributed by atoms with E-state index in [-0.39, 0.29) is 5.91 Å². The molecule has 1 amide bonds. The number of rotatable bonds is 4. The van der Waals surface area contributed by atoms with E-state index in [4.69, 9.17) is 4.74 Å². The molecule has 1 rings (SSSR count). The summed E-state index contributed by atoms with van der Waals surface area (Å²) < 4.78 is 5.19. The van der Waals surface area contributed by atoms with Gasteiger partial charge < -0.3 is 10.1 Å². The molecule has 0 saturated heterocycles. The van der Waals surface area contributed by atoms with Crippen LogP contribution in [0.15, 0.2) is 24.3 Å². The van der Waals surface area contributed by atoms with Crippen LogP contribution in [0.1, 0.15) is 12.5 Å². The maximum Gasteiger partial charge on any atom is 0.216 e. The molecule has 0 aliphatic carbocycles. The van der Waals surface area contributed by atoms with Gasteiger partial charge in [-0.2, -0.15) is 0 Å². The Hall–Kier alpha value is -1.51. The number of benzene rings is 1. The molecule has 0 atom stereocenters. The highest BCUT2D eigenvalue weighted by molar-refractivity contribution is 5.72. The lowest BCUT2D eigenvalue weighted by Crippen LogP contribution is -2.22. The van der Waals surface area contributed by atoms with E-state index in [1.165, 1.54) is 6.92 Å². The van der Waals surface area contributed by atoms with Gasteiger partial charge in [0.05, 0.1) is 7.11 Å². The molecule has 0 heterocycles. The molecule has 0 fully saturated rings. The topological polar surface area (TPSA) is 38.3 Å². The van der Waals surface area contributed by atoms with Crippen molar-refractivity contribution in [1.82, 2.24) is 5.32 Å². The molecule has 0 aliphatic rings. The number of ether oxygens (including phenoxy) is 1. The van der Waals surface area contributed by atoms with Crippen molar-refractivity contribution >= 4 is 5.91 Å². The largest absolute Gasteiger partial charge is 0.496 e. The van der Waals surface area contributed by atoms with Gasteiger partial charge in [0.1, 0.15) is 5.75 Å². The minimum Gasteiger partial charge on any atom is -0.496 e. The average Bonchev–Trinajstić information content (AvgIpc) is 2.18. The molecule has 0 bridgehead atoms. The Morgan fingerprint density at radius 3 is 2.79 bits per heavy atom. The Morgan fingerprint density at radius 2 is 2.14 bits per heavy atom. The zero-order valence-corrected chi connectivity index (χ0v) is 8.54. The van der Waals surface area contributed by atoms with Crippen molar-refractivity contribution in [3.63, 3.8) is 0 Å². The number of amides is 1. The summed E-state index contributed by atoms with van der Waals surface area (Å²) in [6, 6.07) is 7.82. The number of hydrogen-bond donors (Lipinski definition) is 1. The molecule has 1 N–H and O–H groups in total. The fourth-order valence-electron chi connectivity index (χ4n) is 1.28. The fraction of sp³-hybridized carbons (Fsp3) is 0.364. The van der Waals surface area contributed by atoms with E-state index in [0.717, 1.165) is 17.7 Å². The van der Waals surface area contributed by atoms with Crippen molar-refractivity contribution < 1.29 is 9.53 Å². The van der Waals surface area contributed by atoms with Gasteiger partial charge in [-0.05, 0) is 18.1 Å². The fourth-order valence-corrected chi connectivity index (χ4v) is 1.28. The van der Waals surface area contributed by atoms with Crippen LogP contribution in [-0.4, -0.2) is 19.6 Å². The number of para-hydroxylation sites is 1. The predicted octanol–water partition coefficient (Wildman–Crippen LogP) is 1.37. The van der Waals surface area contributed by atoms with Crippen molar-refractivity contribution in [2.45, 2.75) is 13.3 Å². The molecule has 14 heavy (non-hydrogen) atoms. The minimum absolute atomic E-state index is 0.0000945. The first-order valence-corrected chi connectivity index (χ1v) is 4.60. The summed E-state index contributed by atoms with van der Waals surface area (Å²) in [5.41, 5.74) is 1.11. The van der Waals surface area contributed by atoms with Crippen LogP contribution in [-0.2, 0) is 11.2 Å². The number of carbonyl (C=O) groups excluding carboxylic acids is 1. The van der Waals surface area contributed by atoms with Crippen LogP contribution in [0.2, 0.25) is 0 Å². The van der Waals surface area contributed by atoms with Gasteiger partial charge >= 0.3 is 0 Å². The highest BCUT2D eigenvalue weighted by Crippen LogP contribution is 2.16. The lowest BCUT2D eigenvalue weighted by molar-refractivity contribution is -0.118. The van der Waals surface area contributed by atoms with Crippen molar-refractivity contribution in [3.8, 4) is 5.75 Å². The standard InChI is InChI=1S/C11H15NO2/c1-9(13)12-8-7-10-5-3-4-6-11(10)14-2/h3-6H,7-8H2,1-2H3,(H,12,13). The summed E-state index contributed by atoms with van der Waals surface area (Å²) in [5, 5.41) is 2.75. The summed E-state index contributed by atoms with van der Waals surface area (Å²) in [7, 11) is 1.65. The Bertz CT molecular complexity index is 310. The van der Waals surface area contributed by atoms with Gasteiger partial charge in [-0.1, -0.05) is 18.2 Å². The molecule has 0 spiro atoms. The van der Waals surface area contributed by atoms with E-state index in [1.807, 2.05) is 24.3 Å². The maximum atomic E-state index is 10.6. The van der Waals surface area contributed by atoms with Crippen LogP contribution in [0, 0.1) is 0 Å². The molecule has 0 saturated carbocycles. The lowest BCUT2D eigenvalue weighted by atomic mass is 10.1. The van der Waals surface area contributed by atoms with Crippen LogP contribution in [0.25, 0.3) is 0 Å². The third kappa shape index (κ3) is 3.09. The molecule has 3 nitrogen and oxygen atoms in total. The second-order valence-electron chi connectivity index (χ2n) is 3.04. The van der Waals surface area contributed by atoms with Crippen LogP contribution in [0.4, 0.5) is 0 Å². The highest BCUT2D eigenvalue weighted by atomic mass is 16.5. The first-order valence-electron chi connectivity index (χ1n) is 4.60. The Labute approximate surface area is 84.1 Å². The van der Waals surface area contributed by atoms with Gasteiger partial charge in [0.15, 0.2) is 0 Å². The summed E-state index contributed by atoms with van der Waals surface area (Å²) in [5.74, 6) is 0.873. The van der Waals surface area contributed by atoms with E-state index in [9.17, 15) is 4.79 Å². The van der Waals surface area contributed by atoms with Gasteiger partial charge in [0, 0.05) is 13.5 Å². The highest BCUT2D eigenvalue weighted by Gasteiger charge is 2.00. The second-order valence-corrected chi connectivity index (χ2v) is 3.04. The Balaban J connectivity index is 2.53. The van der Waals surface area contributed by atoms with Gasteiger partial charge in [-0.25, -0.2) is 0 Å². The maximum absolute atomic E-state index is 10.6. The number of nitrogens with one attached hydrogen (secondary N) is 1. The number of hydrogen-bond acceptors (Lipinski definition) is 2. The molecule has 1 aromatic rings. The van der Waals surface area contributed by atoms with Gasteiger partial charge in [0.2, 0.25) is 5.91 Å². The third-order valence-electron chi connectivity index (χ3n) is 1.96. The second kappa shape index (κ2) is 5.27. The van der Waals surface area contributed by atoms with Gasteiger partial charge in [-0.3, -0.25) is 4.79 Å². The SMILES string of the molecule is COc1ccccc1CCNC(C)=O. The van der Waals surface area contributed by atoms with Crippen LogP contribution >= 0.6 is 0 Å². The molecule has 3 heteroatoms. The first kappa shape index (κ1) is 10.6. The zero-order valence-electron chi connectivity index (χ0n) is 8.54. The molecular weight excluding hydrogens is 178 g/mol. The zero-order chi connectivity index (χ0) is 10.4. The van der Waals surface area contributed by atoms with E-state index < -0.39 is 0 Å². The van der Waals surface area contributed by atoms with Crippen LogP contribution in [0.3, 0.4) is 0 Å². The average molecular weight is 193 g/mol. The van der Waals surface area contributed by atoms with E-state index in [0.29, 0.717) is 6.54 Å². The normalized spacial score (nSPS) is 9.57. The molecule has 0 radical (unpaired) electrons. The number of methoxy groups -OCH3 is 1. The summed E-state index contributed by atoms with van der Waals surface area (Å²) in [6.07, 6.45) is 0.795. The minimum atomic E-state index is -0.0000945. The van der Waals surface area contributed by atoms with Gasteiger partial charge in [-0.15, -0.1) is 0 Å². The summed E-state index contributed by atoms with van der Waals surface area (Å²) in [4.78, 5) is 10.6. The summed E-state index contributed by atoms with van der Waals surface area (Å²) in [6.45, 7) is 2.16. The predicted molar refractivity (Wildman–Crippen MR) is 55.4 cm³/mol. The van der Waals surface area contributed by atoms with E-state index in [1.54, 1.807) is 7.11 Å². The molecule has 76 valence electrons. The Kier molecular flexibility index (Phi) is 3.98. The van der Waals surface area contributed by atoms with E-state index in [2.05, 4.69) is 5.32 Å². The number of carbonyl (C=O) groups is 1. The van der Waals surface area contributed by atoms with Crippen molar-refractivity contribution in [1.29, 1.82) is 0 Å². The monoisotopic (exact) mass is 193 g/mol. The Morgan fingerprint density at radius 1 is 1.43 bits per heavy atom. The van der Waals surface area contributed by atoms with Crippen LogP contribution < -0.4 is 10.1 Å². The molecule has 0 unspecified atom stereocenters.